The molecule has 0 saturated heterocycles. The van der Waals surface area contributed by atoms with Crippen LogP contribution in [0, 0.1) is 0 Å². The number of aliphatic hydroxyl groups is 2. The number of allylic oxidation sites excluding steroid dienone is 4. The number of amides is 1. The third-order valence-electron chi connectivity index (χ3n) is 11.0. The Morgan fingerprint density at radius 3 is 1.35 bits per heavy atom. The van der Waals surface area contributed by atoms with Gasteiger partial charge < -0.3 is 20.3 Å². The van der Waals surface area contributed by atoms with Crippen molar-refractivity contribution < 1.29 is 24.5 Å². The quantitative estimate of drug-likeness (QED) is 0.0325. The van der Waals surface area contributed by atoms with Gasteiger partial charge in [-0.05, 0) is 57.8 Å². The number of aliphatic hydroxyl groups excluding tert-OH is 2. The van der Waals surface area contributed by atoms with Crippen LogP contribution in [-0.2, 0) is 14.3 Å². The maximum Gasteiger partial charge on any atom is 0.305 e. The van der Waals surface area contributed by atoms with Gasteiger partial charge in [0.2, 0.25) is 5.91 Å². The average Bonchev–Trinajstić information content (AvgIpc) is 3.18. The van der Waals surface area contributed by atoms with E-state index in [9.17, 15) is 19.8 Å². The van der Waals surface area contributed by atoms with E-state index < -0.39 is 12.1 Å². The predicted octanol–water partition coefficient (Wildman–Crippen LogP) is 14.0. The van der Waals surface area contributed by atoms with Gasteiger partial charge in [0.25, 0.3) is 0 Å². The first-order valence-corrected chi connectivity index (χ1v) is 24.1. The molecule has 3 N–H and O–H groups in total. The van der Waals surface area contributed by atoms with Crippen LogP contribution in [0.1, 0.15) is 251 Å². The molecule has 55 heavy (non-hydrogen) atoms. The fourth-order valence-corrected chi connectivity index (χ4v) is 7.28. The van der Waals surface area contributed by atoms with Gasteiger partial charge in [0.1, 0.15) is 0 Å². The van der Waals surface area contributed by atoms with Crippen LogP contribution in [0.3, 0.4) is 0 Å². The number of unbranched alkanes of at least 4 members (excludes halogenated alkanes) is 30. The summed E-state index contributed by atoms with van der Waals surface area (Å²) in [5.74, 6) is -0.0811. The molecule has 0 radical (unpaired) electrons. The standard InChI is InChI=1S/C49H93NO5/c1-3-5-7-9-11-13-15-22-25-29-33-37-41-47(52)46(45-51)50-48(53)42-38-34-30-26-23-19-17-16-18-20-24-28-32-36-40-44-55-49(54)43-39-35-31-27-21-14-12-10-8-6-4-2/h16,18,20,24,46-47,51-52H,3-15,17,19,21-23,25-45H2,1-2H3,(H,50,53)/b18-16-,24-20-. The molecule has 0 aromatic rings. The lowest BCUT2D eigenvalue weighted by Gasteiger charge is -2.22. The second kappa shape index (κ2) is 45.0. The van der Waals surface area contributed by atoms with Crippen molar-refractivity contribution >= 4 is 11.9 Å². The van der Waals surface area contributed by atoms with Gasteiger partial charge in [-0.3, -0.25) is 9.59 Å². The first kappa shape index (κ1) is 53.3. The monoisotopic (exact) mass is 776 g/mol. The minimum absolute atomic E-state index is 0.0225. The molecular weight excluding hydrogens is 683 g/mol. The molecule has 2 unspecified atom stereocenters. The molecule has 6 nitrogen and oxygen atoms in total. The van der Waals surface area contributed by atoms with E-state index in [-0.39, 0.29) is 18.5 Å². The first-order valence-electron chi connectivity index (χ1n) is 24.1. The number of carbonyl (C=O) groups excluding carboxylic acids is 2. The van der Waals surface area contributed by atoms with Gasteiger partial charge in [-0.15, -0.1) is 0 Å². The third-order valence-corrected chi connectivity index (χ3v) is 11.0. The average molecular weight is 776 g/mol. The number of esters is 1. The predicted molar refractivity (Wildman–Crippen MR) is 236 cm³/mol. The zero-order valence-corrected chi connectivity index (χ0v) is 36.7. The summed E-state index contributed by atoms with van der Waals surface area (Å²) in [6.07, 6.45) is 51.4. The number of nitrogens with one attached hydrogen (secondary N) is 1. The molecule has 0 spiro atoms. The molecule has 0 fully saturated rings. The summed E-state index contributed by atoms with van der Waals surface area (Å²) in [6.45, 7) is 4.88. The van der Waals surface area contributed by atoms with Crippen molar-refractivity contribution in [1.29, 1.82) is 0 Å². The molecule has 0 heterocycles. The van der Waals surface area contributed by atoms with Crippen molar-refractivity contribution in [2.45, 2.75) is 264 Å². The van der Waals surface area contributed by atoms with Gasteiger partial charge in [-0.2, -0.15) is 0 Å². The van der Waals surface area contributed by atoms with Gasteiger partial charge in [0.15, 0.2) is 0 Å². The summed E-state index contributed by atoms with van der Waals surface area (Å²) in [6, 6.07) is -0.556. The van der Waals surface area contributed by atoms with Crippen LogP contribution in [0.4, 0.5) is 0 Å². The highest BCUT2D eigenvalue weighted by molar-refractivity contribution is 5.76. The molecule has 0 aromatic heterocycles. The van der Waals surface area contributed by atoms with Crippen molar-refractivity contribution in [2.75, 3.05) is 13.2 Å². The summed E-state index contributed by atoms with van der Waals surface area (Å²) in [5, 5.41) is 23.1. The molecule has 0 aliphatic rings. The highest BCUT2D eigenvalue weighted by atomic mass is 16.5. The Labute approximate surface area is 341 Å². The number of hydrogen-bond acceptors (Lipinski definition) is 5. The number of hydrogen-bond donors (Lipinski definition) is 3. The van der Waals surface area contributed by atoms with E-state index in [4.69, 9.17) is 4.74 Å². The van der Waals surface area contributed by atoms with Crippen molar-refractivity contribution in [3.05, 3.63) is 24.3 Å². The molecule has 0 saturated carbocycles. The van der Waals surface area contributed by atoms with E-state index in [1.54, 1.807) is 0 Å². The van der Waals surface area contributed by atoms with Crippen molar-refractivity contribution in [3.8, 4) is 0 Å². The van der Waals surface area contributed by atoms with E-state index in [2.05, 4.69) is 43.5 Å². The number of rotatable bonds is 44. The van der Waals surface area contributed by atoms with Gasteiger partial charge >= 0.3 is 5.97 Å². The summed E-state index contributed by atoms with van der Waals surface area (Å²) in [4.78, 5) is 24.3. The zero-order chi connectivity index (χ0) is 40.1. The summed E-state index contributed by atoms with van der Waals surface area (Å²) in [7, 11) is 0. The Hall–Kier alpha value is -1.66. The molecule has 0 aliphatic carbocycles. The molecule has 1 amide bonds. The third kappa shape index (κ3) is 41.8. The molecule has 2 atom stereocenters. The van der Waals surface area contributed by atoms with Crippen LogP contribution in [0.5, 0.6) is 0 Å². The van der Waals surface area contributed by atoms with E-state index >= 15 is 0 Å². The number of ether oxygens (including phenoxy) is 1. The second-order valence-corrected chi connectivity index (χ2v) is 16.5. The van der Waals surface area contributed by atoms with Crippen LogP contribution in [0.2, 0.25) is 0 Å². The highest BCUT2D eigenvalue weighted by Gasteiger charge is 2.20. The van der Waals surface area contributed by atoms with E-state index in [1.807, 2.05) is 0 Å². The fourth-order valence-electron chi connectivity index (χ4n) is 7.28. The Bertz CT molecular complexity index is 858. The van der Waals surface area contributed by atoms with Crippen LogP contribution in [0.25, 0.3) is 0 Å². The topological polar surface area (TPSA) is 95.9 Å². The summed E-state index contributed by atoms with van der Waals surface area (Å²) in [5.41, 5.74) is 0. The van der Waals surface area contributed by atoms with Gasteiger partial charge in [-0.25, -0.2) is 0 Å². The van der Waals surface area contributed by atoms with Crippen molar-refractivity contribution in [1.82, 2.24) is 5.32 Å². The van der Waals surface area contributed by atoms with Gasteiger partial charge in [-0.1, -0.05) is 205 Å². The Morgan fingerprint density at radius 1 is 0.509 bits per heavy atom. The van der Waals surface area contributed by atoms with Crippen LogP contribution < -0.4 is 5.32 Å². The molecule has 6 heteroatoms. The molecular formula is C49H93NO5. The zero-order valence-electron chi connectivity index (χ0n) is 36.7. The minimum atomic E-state index is -0.676. The van der Waals surface area contributed by atoms with E-state index in [1.165, 1.54) is 141 Å². The van der Waals surface area contributed by atoms with Crippen molar-refractivity contribution in [3.63, 3.8) is 0 Å². The molecule has 0 bridgehead atoms. The molecule has 0 aliphatic heterocycles. The molecule has 324 valence electrons. The van der Waals surface area contributed by atoms with E-state index in [0.29, 0.717) is 25.9 Å². The summed E-state index contributed by atoms with van der Waals surface area (Å²) < 4.78 is 5.42. The van der Waals surface area contributed by atoms with E-state index in [0.717, 1.165) is 77.0 Å². The fraction of sp³-hybridized carbons (Fsp3) is 0.878. The number of carbonyl (C=O) groups is 2. The minimum Gasteiger partial charge on any atom is -0.466 e. The van der Waals surface area contributed by atoms with Gasteiger partial charge in [0, 0.05) is 12.8 Å². The van der Waals surface area contributed by atoms with Gasteiger partial charge in [0.05, 0.1) is 25.4 Å². The lowest BCUT2D eigenvalue weighted by molar-refractivity contribution is -0.143. The molecule has 0 aromatic carbocycles. The van der Waals surface area contributed by atoms with Crippen LogP contribution in [0.15, 0.2) is 24.3 Å². The molecule has 0 rings (SSSR count). The lowest BCUT2D eigenvalue weighted by Crippen LogP contribution is -2.45. The largest absolute Gasteiger partial charge is 0.466 e. The Morgan fingerprint density at radius 2 is 0.891 bits per heavy atom. The van der Waals surface area contributed by atoms with Crippen LogP contribution in [-0.4, -0.2) is 47.4 Å². The first-order chi connectivity index (χ1) is 27.0. The lowest BCUT2D eigenvalue weighted by atomic mass is 10.0. The summed E-state index contributed by atoms with van der Waals surface area (Å²) >= 11 is 0. The van der Waals surface area contributed by atoms with Crippen LogP contribution >= 0.6 is 0 Å². The second-order valence-electron chi connectivity index (χ2n) is 16.5. The maximum atomic E-state index is 12.4. The smallest absolute Gasteiger partial charge is 0.305 e. The maximum absolute atomic E-state index is 12.4. The SMILES string of the molecule is CCCCCCCCCCCCCCC(O)C(CO)NC(=O)CCCCCCCC/C=C\C=C/CCCCCOC(=O)CCCCCCCCCCCCC. The highest BCUT2D eigenvalue weighted by Crippen LogP contribution is 2.15. The normalized spacial score (nSPS) is 12.9. The van der Waals surface area contributed by atoms with Crippen molar-refractivity contribution in [2.24, 2.45) is 0 Å². The Kier molecular flexibility index (Phi) is 43.7. The Balaban J connectivity index is 3.53.